The lowest BCUT2D eigenvalue weighted by molar-refractivity contribution is -0.142. The van der Waals surface area contributed by atoms with Crippen LogP contribution in [0, 0.1) is 0 Å². The van der Waals surface area contributed by atoms with Crippen molar-refractivity contribution in [2.45, 2.75) is 38.8 Å². The molecule has 6 nitrogen and oxygen atoms in total. The average Bonchev–Trinajstić information content (AvgIpc) is 2.91. The van der Waals surface area contributed by atoms with E-state index in [0.717, 1.165) is 18.4 Å². The van der Waals surface area contributed by atoms with E-state index >= 15 is 0 Å². The highest BCUT2D eigenvalue weighted by Crippen LogP contribution is 2.24. The highest BCUT2D eigenvalue weighted by Gasteiger charge is 2.31. The molecule has 0 aliphatic rings. The maximum Gasteiger partial charge on any atom is 0.261 e. The molecule has 1 atom stereocenters. The second-order valence-electron chi connectivity index (χ2n) is 8.57. The van der Waals surface area contributed by atoms with Crippen molar-refractivity contribution >= 4 is 35.0 Å². The molecule has 0 heterocycles. The van der Waals surface area contributed by atoms with Gasteiger partial charge in [0, 0.05) is 29.6 Å². The molecule has 0 aromatic heterocycles. The number of hydrogen-bond acceptors (Lipinski definition) is 4. The Kier molecular flexibility index (Phi) is 11.1. The third-order valence-corrected chi connectivity index (χ3v) is 6.47. The van der Waals surface area contributed by atoms with Crippen molar-refractivity contribution in [2.24, 2.45) is 0 Å². The molecule has 1 unspecified atom stereocenters. The Labute approximate surface area is 228 Å². The summed E-state index contributed by atoms with van der Waals surface area (Å²) in [5.74, 6) is 0.642. The maximum absolute atomic E-state index is 13.6. The van der Waals surface area contributed by atoms with E-state index in [1.807, 2.05) is 30.3 Å². The van der Waals surface area contributed by atoms with Gasteiger partial charge < -0.3 is 19.7 Å². The van der Waals surface area contributed by atoms with Gasteiger partial charge in [0.05, 0.1) is 7.11 Å². The van der Waals surface area contributed by atoms with Gasteiger partial charge in [-0.15, -0.1) is 0 Å². The Morgan fingerprint density at radius 2 is 1.68 bits per heavy atom. The SMILES string of the molecule is CCCCNC(=O)C(Cc1ccccc1)N(Cc1ccc(Cl)cc1Cl)C(=O)COc1ccc(OC)cc1. The van der Waals surface area contributed by atoms with E-state index in [4.69, 9.17) is 32.7 Å². The van der Waals surface area contributed by atoms with Crippen LogP contribution in [0.4, 0.5) is 0 Å². The molecule has 0 fully saturated rings. The first-order valence-corrected chi connectivity index (χ1v) is 13.0. The minimum atomic E-state index is -0.766. The molecule has 1 N–H and O–H groups in total. The average molecular weight is 543 g/mol. The van der Waals surface area contributed by atoms with E-state index in [9.17, 15) is 9.59 Å². The predicted molar refractivity (Wildman–Crippen MR) is 147 cm³/mol. The van der Waals surface area contributed by atoms with Crippen LogP contribution in [0.25, 0.3) is 0 Å². The Morgan fingerprint density at radius 1 is 0.973 bits per heavy atom. The minimum Gasteiger partial charge on any atom is -0.497 e. The van der Waals surface area contributed by atoms with Gasteiger partial charge in [-0.2, -0.15) is 0 Å². The van der Waals surface area contributed by atoms with Crippen LogP contribution in [0.5, 0.6) is 11.5 Å². The fourth-order valence-electron chi connectivity index (χ4n) is 3.79. The van der Waals surface area contributed by atoms with Crippen molar-refractivity contribution < 1.29 is 19.1 Å². The first kappa shape index (κ1) is 28.4. The maximum atomic E-state index is 13.6. The number of methoxy groups -OCH3 is 1. The Balaban J connectivity index is 1.89. The predicted octanol–water partition coefficient (Wildman–Crippen LogP) is 5.94. The second kappa shape index (κ2) is 14.5. The zero-order valence-electron chi connectivity index (χ0n) is 21.1. The molecule has 3 aromatic carbocycles. The van der Waals surface area contributed by atoms with E-state index in [0.29, 0.717) is 40.1 Å². The van der Waals surface area contributed by atoms with Gasteiger partial charge in [0.15, 0.2) is 6.61 Å². The number of nitrogens with one attached hydrogen (secondary N) is 1. The van der Waals surface area contributed by atoms with Gasteiger partial charge in [0.25, 0.3) is 5.91 Å². The van der Waals surface area contributed by atoms with E-state index in [-0.39, 0.29) is 25.0 Å². The smallest absolute Gasteiger partial charge is 0.261 e. The number of ether oxygens (including phenoxy) is 2. The molecule has 3 rings (SSSR count). The van der Waals surface area contributed by atoms with E-state index in [1.165, 1.54) is 4.90 Å². The lowest BCUT2D eigenvalue weighted by Crippen LogP contribution is -2.51. The molecule has 3 aromatic rings. The van der Waals surface area contributed by atoms with Crippen molar-refractivity contribution in [3.05, 3.63) is 94.0 Å². The molecular formula is C29H32Cl2N2O4. The first-order chi connectivity index (χ1) is 17.9. The summed E-state index contributed by atoms with van der Waals surface area (Å²) in [6.07, 6.45) is 2.14. The van der Waals surface area contributed by atoms with Crippen molar-refractivity contribution in [3.63, 3.8) is 0 Å². The number of carbonyl (C=O) groups is 2. The minimum absolute atomic E-state index is 0.125. The lowest BCUT2D eigenvalue weighted by atomic mass is 10.0. The van der Waals surface area contributed by atoms with Gasteiger partial charge in [0.2, 0.25) is 5.91 Å². The van der Waals surface area contributed by atoms with Crippen LogP contribution in [0.1, 0.15) is 30.9 Å². The van der Waals surface area contributed by atoms with Crippen LogP contribution in [0.2, 0.25) is 10.0 Å². The van der Waals surface area contributed by atoms with Crippen LogP contribution >= 0.6 is 23.2 Å². The van der Waals surface area contributed by atoms with Crippen molar-refractivity contribution in [1.82, 2.24) is 10.2 Å². The molecular weight excluding hydrogens is 511 g/mol. The third kappa shape index (κ3) is 8.69. The Hall–Kier alpha value is -3.22. The summed E-state index contributed by atoms with van der Waals surface area (Å²) < 4.78 is 11.0. The van der Waals surface area contributed by atoms with Gasteiger partial charge in [-0.05, 0) is 53.9 Å². The molecule has 196 valence electrons. The molecule has 0 saturated heterocycles. The van der Waals surface area contributed by atoms with Gasteiger partial charge >= 0.3 is 0 Å². The van der Waals surface area contributed by atoms with E-state index < -0.39 is 6.04 Å². The molecule has 0 bridgehead atoms. The Morgan fingerprint density at radius 3 is 2.32 bits per heavy atom. The summed E-state index contributed by atoms with van der Waals surface area (Å²) in [5, 5.41) is 3.91. The summed E-state index contributed by atoms with van der Waals surface area (Å²) in [7, 11) is 1.58. The highest BCUT2D eigenvalue weighted by molar-refractivity contribution is 6.35. The fraction of sp³-hybridized carbons (Fsp3) is 0.310. The van der Waals surface area contributed by atoms with Gasteiger partial charge in [-0.25, -0.2) is 0 Å². The molecule has 8 heteroatoms. The quantitative estimate of drug-likeness (QED) is 0.271. The monoisotopic (exact) mass is 542 g/mol. The van der Waals surface area contributed by atoms with Gasteiger partial charge in [-0.1, -0.05) is 72.9 Å². The summed E-state index contributed by atoms with van der Waals surface area (Å²) in [6, 6.07) is 20.9. The zero-order valence-corrected chi connectivity index (χ0v) is 22.6. The molecule has 0 radical (unpaired) electrons. The number of unbranched alkanes of at least 4 members (excludes halogenated alkanes) is 1. The molecule has 0 aliphatic carbocycles. The summed E-state index contributed by atoms with van der Waals surface area (Å²) in [5.41, 5.74) is 1.62. The molecule has 0 aliphatic heterocycles. The Bertz CT molecular complexity index is 1160. The summed E-state index contributed by atoms with van der Waals surface area (Å²) >= 11 is 12.5. The van der Waals surface area contributed by atoms with Gasteiger partial charge in [0.1, 0.15) is 17.5 Å². The number of nitrogens with zero attached hydrogens (tertiary/aromatic N) is 1. The number of benzene rings is 3. The molecule has 2 amide bonds. The van der Waals surface area contributed by atoms with E-state index in [1.54, 1.807) is 49.6 Å². The number of hydrogen-bond donors (Lipinski definition) is 1. The van der Waals surface area contributed by atoms with Gasteiger partial charge in [-0.3, -0.25) is 9.59 Å². The van der Waals surface area contributed by atoms with Crippen LogP contribution in [-0.4, -0.2) is 43.0 Å². The first-order valence-electron chi connectivity index (χ1n) is 12.2. The largest absolute Gasteiger partial charge is 0.497 e. The van der Waals surface area contributed by atoms with Crippen LogP contribution in [0.15, 0.2) is 72.8 Å². The van der Waals surface area contributed by atoms with Crippen LogP contribution in [-0.2, 0) is 22.6 Å². The summed E-state index contributed by atoms with van der Waals surface area (Å²) in [6.45, 7) is 2.47. The fourth-order valence-corrected chi connectivity index (χ4v) is 4.26. The molecule has 0 spiro atoms. The standard InChI is InChI=1S/C29H32Cl2N2O4/c1-3-4-16-32-29(35)27(17-21-8-6-5-7-9-21)33(19-22-10-11-23(30)18-26(22)31)28(34)20-37-25-14-12-24(36-2)13-15-25/h5-15,18,27H,3-4,16-17,19-20H2,1-2H3,(H,32,35). The van der Waals surface area contributed by atoms with Crippen molar-refractivity contribution in [2.75, 3.05) is 20.3 Å². The topological polar surface area (TPSA) is 67.9 Å². The number of carbonyl (C=O) groups excluding carboxylic acids is 2. The second-order valence-corrected chi connectivity index (χ2v) is 9.42. The summed E-state index contributed by atoms with van der Waals surface area (Å²) in [4.78, 5) is 28.6. The lowest BCUT2D eigenvalue weighted by Gasteiger charge is -2.31. The normalized spacial score (nSPS) is 11.5. The van der Waals surface area contributed by atoms with Crippen molar-refractivity contribution in [1.29, 1.82) is 0 Å². The number of amides is 2. The highest BCUT2D eigenvalue weighted by atomic mass is 35.5. The zero-order chi connectivity index (χ0) is 26.6. The number of halogens is 2. The molecule has 37 heavy (non-hydrogen) atoms. The van der Waals surface area contributed by atoms with Crippen LogP contribution in [0.3, 0.4) is 0 Å². The number of rotatable bonds is 13. The third-order valence-electron chi connectivity index (χ3n) is 5.88. The molecule has 0 saturated carbocycles. The van der Waals surface area contributed by atoms with Crippen molar-refractivity contribution in [3.8, 4) is 11.5 Å². The van der Waals surface area contributed by atoms with E-state index in [2.05, 4.69) is 12.2 Å². The van der Waals surface area contributed by atoms with Crippen LogP contribution < -0.4 is 14.8 Å².